The number of nitrogens with zero attached hydrogens (tertiary/aromatic N) is 4. The molecule has 1 fully saturated rings. The smallest absolute Gasteiger partial charge is 0.208 e. The van der Waals surface area contributed by atoms with Gasteiger partial charge in [0.05, 0.1) is 25.0 Å². The molecule has 0 aliphatic carbocycles. The van der Waals surface area contributed by atoms with Crippen LogP contribution in [0.1, 0.15) is 28.8 Å². The second kappa shape index (κ2) is 7.53. The van der Waals surface area contributed by atoms with Gasteiger partial charge in [0.15, 0.2) is 0 Å². The van der Waals surface area contributed by atoms with E-state index in [1.54, 1.807) is 24.6 Å². The summed E-state index contributed by atoms with van der Waals surface area (Å²) in [4.78, 5) is 13.7. The number of aromatic nitrogens is 2. The fourth-order valence-corrected chi connectivity index (χ4v) is 3.73. The number of methoxy groups -OCH3 is 1. The maximum Gasteiger partial charge on any atom is 0.208 e. The molecule has 0 saturated carbocycles. The fourth-order valence-electron chi connectivity index (χ4n) is 2.97. The van der Waals surface area contributed by atoms with Crippen molar-refractivity contribution >= 4 is 11.3 Å². The number of hydrogen-bond acceptors (Lipinski definition) is 7. The van der Waals surface area contributed by atoms with Crippen LogP contribution in [0.4, 0.5) is 0 Å². The van der Waals surface area contributed by atoms with Crippen LogP contribution < -0.4 is 0 Å². The molecule has 1 aliphatic rings. The lowest BCUT2D eigenvalue weighted by Crippen LogP contribution is -2.34. The van der Waals surface area contributed by atoms with Gasteiger partial charge in [-0.3, -0.25) is 9.80 Å². The molecule has 1 atom stereocenters. The van der Waals surface area contributed by atoms with Crippen LogP contribution in [0.5, 0.6) is 0 Å². The summed E-state index contributed by atoms with van der Waals surface area (Å²) in [5, 5.41) is 3.19. The van der Waals surface area contributed by atoms with E-state index in [4.69, 9.17) is 9.15 Å². The highest BCUT2D eigenvalue weighted by atomic mass is 32.1. The van der Waals surface area contributed by atoms with E-state index in [9.17, 15) is 0 Å². The van der Waals surface area contributed by atoms with Crippen LogP contribution in [-0.2, 0) is 24.4 Å². The van der Waals surface area contributed by atoms with Crippen molar-refractivity contribution in [1.82, 2.24) is 19.8 Å². The zero-order valence-electron chi connectivity index (χ0n) is 14.0. The Bertz CT molecular complexity index is 627. The summed E-state index contributed by atoms with van der Waals surface area (Å²) in [5.41, 5.74) is 1.15. The molecular formula is C16H24N4O2S. The Labute approximate surface area is 141 Å². The molecule has 1 saturated heterocycles. The predicted molar refractivity (Wildman–Crippen MR) is 89.2 cm³/mol. The summed E-state index contributed by atoms with van der Waals surface area (Å²) >= 11 is 1.67. The summed E-state index contributed by atoms with van der Waals surface area (Å²) in [7, 11) is 3.85. The lowest BCUT2D eigenvalue weighted by molar-refractivity contribution is 0.184. The Balaban J connectivity index is 1.49. The zero-order chi connectivity index (χ0) is 16.2. The molecule has 7 heteroatoms. The lowest BCUT2D eigenvalue weighted by Gasteiger charge is -2.23. The van der Waals surface area contributed by atoms with E-state index in [2.05, 4.69) is 32.2 Å². The Morgan fingerprint density at radius 2 is 2.39 bits per heavy atom. The number of oxazole rings is 1. The third kappa shape index (κ3) is 4.38. The van der Waals surface area contributed by atoms with Gasteiger partial charge in [-0.25, -0.2) is 9.97 Å². The number of rotatable bonds is 7. The van der Waals surface area contributed by atoms with Gasteiger partial charge < -0.3 is 9.15 Å². The first-order valence-electron chi connectivity index (χ1n) is 7.90. The van der Waals surface area contributed by atoms with Gasteiger partial charge in [0, 0.05) is 38.2 Å². The molecule has 23 heavy (non-hydrogen) atoms. The maximum absolute atomic E-state index is 5.58. The van der Waals surface area contributed by atoms with Gasteiger partial charge in [-0.05, 0) is 20.4 Å². The largest absolute Gasteiger partial charge is 0.445 e. The van der Waals surface area contributed by atoms with Crippen LogP contribution in [0.2, 0.25) is 0 Å². The fraction of sp³-hybridized carbons (Fsp3) is 0.625. The van der Waals surface area contributed by atoms with Crippen LogP contribution in [0.3, 0.4) is 0 Å². The van der Waals surface area contributed by atoms with Crippen molar-refractivity contribution in [2.24, 2.45) is 0 Å². The third-order valence-corrected chi connectivity index (χ3v) is 5.05. The molecule has 0 amide bonds. The van der Waals surface area contributed by atoms with Crippen LogP contribution in [-0.4, -0.2) is 53.1 Å². The number of thiazole rings is 1. The molecule has 0 N–H and O–H groups in total. The van der Waals surface area contributed by atoms with Crippen molar-refractivity contribution in [1.29, 1.82) is 0 Å². The van der Waals surface area contributed by atoms with E-state index in [1.807, 2.05) is 6.92 Å². The van der Waals surface area contributed by atoms with E-state index in [0.29, 0.717) is 12.6 Å². The molecule has 3 heterocycles. The number of likely N-dealkylation sites (tertiary alicyclic amines) is 1. The van der Waals surface area contributed by atoms with Gasteiger partial charge in [0.2, 0.25) is 5.89 Å². The molecule has 126 valence electrons. The molecule has 1 aliphatic heterocycles. The van der Waals surface area contributed by atoms with Crippen molar-refractivity contribution in [3.8, 4) is 0 Å². The van der Waals surface area contributed by atoms with Crippen LogP contribution >= 0.6 is 11.3 Å². The Kier molecular flexibility index (Phi) is 5.42. The number of likely N-dealkylation sites (N-methyl/N-ethyl adjacent to an activating group) is 1. The van der Waals surface area contributed by atoms with Crippen molar-refractivity contribution in [2.75, 3.05) is 27.2 Å². The van der Waals surface area contributed by atoms with E-state index in [0.717, 1.165) is 48.5 Å². The topological polar surface area (TPSA) is 54.6 Å². The minimum absolute atomic E-state index is 0.541. The third-order valence-electron chi connectivity index (χ3n) is 4.18. The van der Waals surface area contributed by atoms with Gasteiger partial charge >= 0.3 is 0 Å². The van der Waals surface area contributed by atoms with Gasteiger partial charge in [-0.15, -0.1) is 11.3 Å². The average Bonchev–Trinajstić information content (AvgIpc) is 3.23. The van der Waals surface area contributed by atoms with Gasteiger partial charge in [0.1, 0.15) is 10.8 Å². The molecule has 0 bridgehead atoms. The van der Waals surface area contributed by atoms with Crippen LogP contribution in [0.15, 0.2) is 16.0 Å². The molecule has 0 radical (unpaired) electrons. The summed E-state index contributed by atoms with van der Waals surface area (Å²) in [6.45, 7) is 6.39. The Morgan fingerprint density at radius 1 is 1.52 bits per heavy atom. The minimum atomic E-state index is 0.541. The quantitative estimate of drug-likeness (QED) is 0.773. The van der Waals surface area contributed by atoms with Gasteiger partial charge in [-0.2, -0.15) is 0 Å². The van der Waals surface area contributed by atoms with Gasteiger partial charge in [0.25, 0.3) is 0 Å². The van der Waals surface area contributed by atoms with Crippen LogP contribution in [0, 0.1) is 6.92 Å². The van der Waals surface area contributed by atoms with Crippen molar-refractivity contribution in [3.63, 3.8) is 0 Å². The second-order valence-corrected chi connectivity index (χ2v) is 7.07. The van der Waals surface area contributed by atoms with Crippen molar-refractivity contribution < 1.29 is 9.15 Å². The minimum Gasteiger partial charge on any atom is -0.445 e. The summed E-state index contributed by atoms with van der Waals surface area (Å²) in [6, 6.07) is 0.541. The molecule has 2 aromatic heterocycles. The lowest BCUT2D eigenvalue weighted by atomic mass is 10.2. The number of ether oxygens (including phenoxy) is 1. The Morgan fingerprint density at radius 3 is 3.13 bits per heavy atom. The van der Waals surface area contributed by atoms with Gasteiger partial charge in [-0.1, -0.05) is 0 Å². The average molecular weight is 336 g/mol. The van der Waals surface area contributed by atoms with Crippen LogP contribution in [0.25, 0.3) is 0 Å². The zero-order valence-corrected chi connectivity index (χ0v) is 14.8. The first-order valence-corrected chi connectivity index (χ1v) is 8.78. The summed E-state index contributed by atoms with van der Waals surface area (Å²) in [5.74, 6) is 1.67. The molecule has 0 aromatic carbocycles. The summed E-state index contributed by atoms with van der Waals surface area (Å²) < 4.78 is 10.7. The SMILES string of the molecule is COCc1nc(CN2CCC(N(C)Cc3ncc(C)o3)C2)cs1. The van der Waals surface area contributed by atoms with Crippen molar-refractivity contribution in [3.05, 3.63) is 33.9 Å². The van der Waals surface area contributed by atoms with E-state index < -0.39 is 0 Å². The molecular weight excluding hydrogens is 312 g/mol. The van der Waals surface area contributed by atoms with E-state index >= 15 is 0 Å². The normalized spacial score (nSPS) is 19.0. The molecule has 0 spiro atoms. The number of hydrogen-bond donors (Lipinski definition) is 0. The van der Waals surface area contributed by atoms with Crippen molar-refractivity contribution in [2.45, 2.75) is 39.1 Å². The van der Waals surface area contributed by atoms with E-state index in [-0.39, 0.29) is 0 Å². The first kappa shape index (κ1) is 16.6. The molecule has 2 aromatic rings. The molecule has 6 nitrogen and oxygen atoms in total. The summed E-state index contributed by atoms with van der Waals surface area (Å²) in [6.07, 6.45) is 2.95. The highest BCUT2D eigenvalue weighted by Gasteiger charge is 2.26. The highest BCUT2D eigenvalue weighted by molar-refractivity contribution is 7.09. The first-order chi connectivity index (χ1) is 11.1. The maximum atomic E-state index is 5.58. The second-order valence-electron chi connectivity index (χ2n) is 6.12. The standard InChI is InChI=1S/C16H24N4O2S/c1-12-6-17-15(22-12)9-19(2)14-4-5-20(8-14)7-13-11-23-16(18-13)10-21-3/h6,11,14H,4-5,7-10H2,1-3H3. The molecule has 1 unspecified atom stereocenters. The predicted octanol–water partition coefficient (Wildman–Crippen LogP) is 2.29. The highest BCUT2D eigenvalue weighted by Crippen LogP contribution is 2.20. The number of aryl methyl sites for hydroxylation is 1. The molecule has 3 rings (SSSR count). The monoisotopic (exact) mass is 336 g/mol. The van der Waals surface area contributed by atoms with E-state index in [1.165, 1.54) is 6.42 Å². The Hall–Kier alpha value is -1.28.